The Kier molecular flexibility index (Phi) is 57.7. The Morgan fingerprint density at radius 3 is 1.23 bits per heavy atom. The van der Waals surface area contributed by atoms with Crippen LogP contribution in [-0.4, -0.2) is 74.3 Å². The molecule has 10 heteroatoms. The van der Waals surface area contributed by atoms with Crippen molar-refractivity contribution in [2.75, 3.05) is 40.9 Å². The number of nitrogens with zero attached hydrogens (tertiary/aromatic N) is 1. The molecule has 0 aliphatic heterocycles. The van der Waals surface area contributed by atoms with E-state index in [1.165, 1.54) is 180 Å². The van der Waals surface area contributed by atoms with Gasteiger partial charge in [-0.3, -0.25) is 18.6 Å². The van der Waals surface area contributed by atoms with Gasteiger partial charge in [0.05, 0.1) is 33.8 Å². The van der Waals surface area contributed by atoms with Crippen molar-refractivity contribution in [3.63, 3.8) is 0 Å². The van der Waals surface area contributed by atoms with Crippen molar-refractivity contribution >= 4 is 19.7 Å². The lowest BCUT2D eigenvalue weighted by molar-refractivity contribution is -0.870. The van der Waals surface area contributed by atoms with E-state index in [9.17, 15) is 19.0 Å². The number of phosphoric acid groups is 1. The third-order valence-electron chi connectivity index (χ3n) is 14.9. The molecular weight excluding hydrogens is 1010 g/mol. The van der Waals surface area contributed by atoms with Crippen LogP contribution >= 0.6 is 7.82 Å². The molecule has 2 N–H and O–H groups in total. The minimum Gasteiger partial charge on any atom is -0.456 e. The van der Waals surface area contributed by atoms with Crippen LogP contribution in [0.5, 0.6) is 0 Å². The van der Waals surface area contributed by atoms with Crippen LogP contribution in [0.4, 0.5) is 0 Å². The molecule has 0 spiro atoms. The number of carbonyl (C=O) groups is 2. The first-order valence-electron chi connectivity index (χ1n) is 33.8. The Morgan fingerprint density at radius 1 is 0.450 bits per heavy atom. The quantitative estimate of drug-likeness (QED) is 0.0205. The minimum absolute atomic E-state index is 0.0374. The molecule has 0 aromatic carbocycles. The summed E-state index contributed by atoms with van der Waals surface area (Å²) < 4.78 is 30.8. The summed E-state index contributed by atoms with van der Waals surface area (Å²) in [6, 6.07) is -0.854. The molecule has 0 aliphatic carbocycles. The van der Waals surface area contributed by atoms with E-state index in [-0.39, 0.29) is 31.5 Å². The summed E-state index contributed by atoms with van der Waals surface area (Å²) in [5.41, 5.74) is 0. The van der Waals surface area contributed by atoms with E-state index < -0.39 is 20.0 Å². The van der Waals surface area contributed by atoms with Gasteiger partial charge in [0, 0.05) is 12.8 Å². The highest BCUT2D eigenvalue weighted by Crippen LogP contribution is 2.43. The number of likely N-dealkylation sites (N-methyl/N-ethyl adjacent to an activating group) is 1. The van der Waals surface area contributed by atoms with Crippen LogP contribution in [-0.2, 0) is 27.9 Å². The minimum atomic E-state index is -4.45. The summed E-state index contributed by atoms with van der Waals surface area (Å²) in [6.45, 7) is 6.90. The predicted octanol–water partition coefficient (Wildman–Crippen LogP) is 21.2. The molecule has 9 nitrogen and oxygen atoms in total. The highest BCUT2D eigenvalue weighted by atomic mass is 31.2. The van der Waals surface area contributed by atoms with Gasteiger partial charge in [-0.25, -0.2) is 4.57 Å². The van der Waals surface area contributed by atoms with E-state index in [2.05, 4.69) is 86.8 Å². The van der Waals surface area contributed by atoms with Gasteiger partial charge in [-0.2, -0.15) is 0 Å². The molecule has 0 fully saturated rings. The molecule has 0 heterocycles. The molecule has 0 aromatic heterocycles. The zero-order valence-electron chi connectivity index (χ0n) is 53.3. The van der Waals surface area contributed by atoms with Gasteiger partial charge in [-0.15, -0.1) is 0 Å². The molecule has 1 amide bonds. The highest BCUT2D eigenvalue weighted by Gasteiger charge is 2.30. The van der Waals surface area contributed by atoms with Crippen molar-refractivity contribution in [3.05, 3.63) is 72.9 Å². The number of carbonyl (C=O) groups excluding carboxylic acids is 2. The fourth-order valence-corrected chi connectivity index (χ4v) is 10.4. The van der Waals surface area contributed by atoms with Gasteiger partial charge < -0.3 is 19.4 Å². The Bertz CT molecular complexity index is 1600. The van der Waals surface area contributed by atoms with Crippen LogP contribution in [0.25, 0.3) is 0 Å². The molecular formula is C70H130N2O7P+. The molecule has 0 radical (unpaired) electrons. The van der Waals surface area contributed by atoms with Crippen molar-refractivity contribution in [2.24, 2.45) is 0 Å². The van der Waals surface area contributed by atoms with Gasteiger partial charge in [-0.05, 0) is 96.0 Å². The highest BCUT2D eigenvalue weighted by molar-refractivity contribution is 7.47. The van der Waals surface area contributed by atoms with Crippen LogP contribution in [0.3, 0.4) is 0 Å². The normalized spacial score (nSPS) is 14.0. The second-order valence-corrected chi connectivity index (χ2v) is 25.4. The van der Waals surface area contributed by atoms with Crippen LogP contribution in [0, 0.1) is 0 Å². The maximum absolute atomic E-state index is 13.6. The maximum atomic E-state index is 13.6. The summed E-state index contributed by atoms with van der Waals surface area (Å²) in [5.74, 6) is -0.508. The molecule has 3 unspecified atom stereocenters. The molecule has 0 saturated carbocycles. The smallest absolute Gasteiger partial charge is 0.456 e. The largest absolute Gasteiger partial charge is 0.472 e. The average Bonchev–Trinajstić information content (AvgIpc) is 3.42. The summed E-state index contributed by atoms with van der Waals surface area (Å²) in [7, 11) is 1.49. The fourth-order valence-electron chi connectivity index (χ4n) is 9.69. The Hall–Kier alpha value is -2.55. The molecule has 0 rings (SSSR count). The number of ether oxygens (including phenoxy) is 1. The Morgan fingerprint density at radius 2 is 0.800 bits per heavy atom. The van der Waals surface area contributed by atoms with E-state index in [4.69, 9.17) is 13.8 Å². The number of nitrogens with one attached hydrogen (secondary N) is 1. The Labute approximate surface area is 495 Å². The number of hydrogen-bond donors (Lipinski definition) is 2. The van der Waals surface area contributed by atoms with Crippen molar-refractivity contribution in [3.8, 4) is 0 Å². The lowest BCUT2D eigenvalue weighted by atomic mass is 10.0. The lowest BCUT2D eigenvalue weighted by Gasteiger charge is -2.27. The number of quaternary nitrogens is 1. The van der Waals surface area contributed by atoms with E-state index in [0.29, 0.717) is 17.4 Å². The van der Waals surface area contributed by atoms with E-state index in [0.717, 1.165) is 96.3 Å². The zero-order valence-corrected chi connectivity index (χ0v) is 54.2. The first kappa shape index (κ1) is 77.5. The number of rotatable bonds is 61. The van der Waals surface area contributed by atoms with Crippen LogP contribution in [0.15, 0.2) is 72.9 Å². The standard InChI is InChI=1S/C70H129N2O7P/c1-7-10-13-16-19-22-25-28-30-31-32-33-34-35-36-37-38-39-40-41-42-45-48-51-54-57-60-63-70(74)79-68(61-58-55-52-49-46-43-27-24-21-18-15-12-9-3)67(66-78-80(75,76)77-65-64-72(4,5)6)71-69(73)62-59-56-53-50-47-44-29-26-23-20-17-14-11-8-2/h11,14,19-20,22-23,28,30,32-33,58,61,67-68H,7-10,12-13,15-18,21,24-27,29,31,34-57,59-60,62-66H2,1-6H3,(H-,71,73,75,76)/p+1/b14-11+,22-19-,23-20+,30-28-,33-32-,61-58-. The van der Waals surface area contributed by atoms with Gasteiger partial charge in [0.2, 0.25) is 5.91 Å². The fraction of sp³-hybridized carbons (Fsp3) is 0.800. The summed E-state index contributed by atoms with van der Waals surface area (Å²) >= 11 is 0. The lowest BCUT2D eigenvalue weighted by Crippen LogP contribution is -2.47. The predicted molar refractivity (Wildman–Crippen MR) is 346 cm³/mol. The third-order valence-corrected chi connectivity index (χ3v) is 15.9. The van der Waals surface area contributed by atoms with Gasteiger partial charge in [0.1, 0.15) is 19.3 Å². The number of allylic oxidation sites excluding steroid dienone is 11. The van der Waals surface area contributed by atoms with Crippen LogP contribution in [0.1, 0.15) is 310 Å². The molecule has 0 aliphatic rings. The van der Waals surface area contributed by atoms with Gasteiger partial charge in [0.25, 0.3) is 0 Å². The second-order valence-electron chi connectivity index (χ2n) is 24.0. The molecule has 0 bridgehead atoms. The molecule has 3 atom stereocenters. The van der Waals surface area contributed by atoms with E-state index in [1.54, 1.807) is 0 Å². The summed E-state index contributed by atoms with van der Waals surface area (Å²) in [5, 5.41) is 3.06. The van der Waals surface area contributed by atoms with Gasteiger partial charge in [-0.1, -0.05) is 274 Å². The molecule has 0 aromatic rings. The van der Waals surface area contributed by atoms with Crippen LogP contribution in [0.2, 0.25) is 0 Å². The van der Waals surface area contributed by atoms with Crippen molar-refractivity contribution in [1.82, 2.24) is 5.32 Å². The monoisotopic (exact) mass is 1140 g/mol. The summed E-state index contributed by atoms with van der Waals surface area (Å²) in [4.78, 5) is 37.8. The third kappa shape index (κ3) is 60.1. The van der Waals surface area contributed by atoms with Crippen LogP contribution < -0.4 is 5.32 Å². The Balaban J connectivity index is 5.05. The van der Waals surface area contributed by atoms with Crippen molar-refractivity contribution in [1.29, 1.82) is 0 Å². The van der Waals surface area contributed by atoms with E-state index >= 15 is 0 Å². The first-order valence-corrected chi connectivity index (χ1v) is 35.3. The first-order chi connectivity index (χ1) is 38.9. The van der Waals surface area contributed by atoms with Crippen molar-refractivity contribution < 1.29 is 37.3 Å². The number of amides is 1. The summed E-state index contributed by atoms with van der Waals surface area (Å²) in [6.07, 6.45) is 77.7. The number of phosphoric ester groups is 1. The zero-order chi connectivity index (χ0) is 58.6. The molecule has 466 valence electrons. The number of hydrogen-bond acceptors (Lipinski definition) is 6. The topological polar surface area (TPSA) is 111 Å². The van der Waals surface area contributed by atoms with Gasteiger partial charge in [0.15, 0.2) is 0 Å². The molecule has 80 heavy (non-hydrogen) atoms. The number of unbranched alkanes of at least 4 members (excludes halogenated alkanes) is 35. The molecule has 0 saturated heterocycles. The maximum Gasteiger partial charge on any atom is 0.472 e. The second kappa shape index (κ2) is 59.6. The van der Waals surface area contributed by atoms with Crippen molar-refractivity contribution in [2.45, 2.75) is 322 Å². The van der Waals surface area contributed by atoms with Gasteiger partial charge >= 0.3 is 13.8 Å². The average molecular weight is 1140 g/mol. The SMILES string of the molecule is CC/C=C/C/C=C/CCCCCCCCCC(=O)NC(COP(=O)(O)OCC[N+](C)(C)C)C(/C=C\CCCCCCCCCCCCC)OC(=O)CCCCCCCCCCCCCCCC/C=C\C/C=C\C/C=C\CCCCC. The van der Waals surface area contributed by atoms with E-state index in [1.807, 2.05) is 33.3 Å². The number of esters is 1.